The van der Waals surface area contributed by atoms with Crippen molar-refractivity contribution in [2.24, 2.45) is 0 Å². The second-order valence-corrected chi connectivity index (χ2v) is 13.2. The number of benzene rings is 6. The molecule has 7 rings (SSSR count). The lowest BCUT2D eigenvalue weighted by atomic mass is 9.68. The first-order valence-electron chi connectivity index (χ1n) is 15.8. The summed E-state index contributed by atoms with van der Waals surface area (Å²) in [7, 11) is 0. The van der Waals surface area contributed by atoms with Crippen LogP contribution in [0.4, 0.5) is 11.4 Å². The van der Waals surface area contributed by atoms with Crippen molar-refractivity contribution in [2.45, 2.75) is 38.0 Å². The normalized spacial score (nSPS) is 15.3. The van der Waals surface area contributed by atoms with E-state index in [0.29, 0.717) is 0 Å². The molecule has 0 heterocycles. The number of hydrogen-bond acceptors (Lipinski definition) is 1. The number of nitrogens with one attached hydrogen (secondary N) is 1. The van der Waals surface area contributed by atoms with Crippen molar-refractivity contribution in [1.82, 2.24) is 0 Å². The van der Waals surface area contributed by atoms with E-state index in [9.17, 15) is 0 Å². The molecule has 0 saturated carbocycles. The Labute approximate surface area is 267 Å². The van der Waals surface area contributed by atoms with Crippen molar-refractivity contribution in [3.8, 4) is 22.3 Å². The van der Waals surface area contributed by atoms with Crippen molar-refractivity contribution in [2.75, 3.05) is 5.32 Å². The van der Waals surface area contributed by atoms with Gasteiger partial charge in [-0.05, 0) is 91.7 Å². The molecule has 0 aliphatic heterocycles. The van der Waals surface area contributed by atoms with E-state index in [-0.39, 0.29) is 10.8 Å². The first-order chi connectivity index (χ1) is 21.8. The lowest BCUT2D eigenvalue weighted by Gasteiger charge is -2.34. The lowest BCUT2D eigenvalue weighted by molar-refractivity contribution is 0.586. The van der Waals surface area contributed by atoms with Crippen LogP contribution in [-0.2, 0) is 17.3 Å². The fourth-order valence-corrected chi connectivity index (χ4v) is 6.92. The monoisotopic (exact) mass is 581 g/mol. The van der Waals surface area contributed by atoms with E-state index in [1.54, 1.807) is 0 Å². The number of fused-ring (bicyclic) bond motifs is 3. The number of rotatable bonds is 7. The third-order valence-corrected chi connectivity index (χ3v) is 9.37. The predicted molar refractivity (Wildman–Crippen MR) is 192 cm³/mol. The Morgan fingerprint density at radius 2 is 1.22 bits per heavy atom. The van der Waals surface area contributed by atoms with E-state index in [1.807, 2.05) is 6.08 Å². The van der Waals surface area contributed by atoms with Crippen LogP contribution in [0.15, 0.2) is 152 Å². The van der Waals surface area contributed by atoms with Gasteiger partial charge in [-0.3, -0.25) is 0 Å². The minimum atomic E-state index is -0.340. The summed E-state index contributed by atoms with van der Waals surface area (Å²) in [6, 6.07) is 53.4. The smallest absolute Gasteiger partial charge is 0.0504 e. The molecule has 1 heteroatoms. The highest BCUT2D eigenvalue weighted by atomic mass is 14.9. The maximum absolute atomic E-state index is 3.97. The van der Waals surface area contributed by atoms with E-state index in [1.165, 1.54) is 50.1 Å². The van der Waals surface area contributed by atoms with E-state index in [2.05, 4.69) is 178 Å². The van der Waals surface area contributed by atoms with Gasteiger partial charge in [0.25, 0.3) is 0 Å². The molecule has 0 fully saturated rings. The summed E-state index contributed by atoms with van der Waals surface area (Å²) < 4.78 is 0. The zero-order valence-corrected chi connectivity index (χ0v) is 26.3. The molecule has 0 spiro atoms. The first-order valence-corrected chi connectivity index (χ1v) is 15.8. The molecule has 1 nitrogen and oxygen atoms in total. The van der Waals surface area contributed by atoms with Gasteiger partial charge in [0.2, 0.25) is 0 Å². The van der Waals surface area contributed by atoms with Crippen LogP contribution in [-0.4, -0.2) is 0 Å². The molecule has 1 aliphatic carbocycles. The third kappa shape index (κ3) is 5.29. The largest absolute Gasteiger partial charge is 0.356 e. The standard InChI is InChI=1S/C44H39N/c1-5-31-15-17-32(18-16-31)30-44(36-23-21-35(22-24-36)43(2,3)4)41-14-10-9-13-39(41)40-28-27-38(29-42(40)44)45-37-25-19-34(20-26-37)33-11-7-6-8-12-33/h5-29,45H,1,30H2,2-4H3. The van der Waals surface area contributed by atoms with Gasteiger partial charge in [0.15, 0.2) is 0 Å². The summed E-state index contributed by atoms with van der Waals surface area (Å²) in [5.41, 5.74) is 14.8. The molecule has 1 unspecified atom stereocenters. The van der Waals surface area contributed by atoms with Crippen molar-refractivity contribution in [1.29, 1.82) is 0 Å². The van der Waals surface area contributed by atoms with Gasteiger partial charge in [-0.1, -0.05) is 155 Å². The molecule has 220 valence electrons. The average molecular weight is 582 g/mol. The van der Waals surface area contributed by atoms with Crippen LogP contribution in [0, 0.1) is 0 Å². The Hall–Kier alpha value is -5.14. The lowest BCUT2D eigenvalue weighted by Crippen LogP contribution is -2.30. The Balaban J connectivity index is 1.35. The molecule has 1 atom stereocenters. The molecule has 6 aromatic rings. The van der Waals surface area contributed by atoms with Gasteiger partial charge in [-0.2, -0.15) is 0 Å². The van der Waals surface area contributed by atoms with Gasteiger partial charge in [-0.25, -0.2) is 0 Å². The van der Waals surface area contributed by atoms with Crippen LogP contribution in [0.1, 0.15) is 54.2 Å². The van der Waals surface area contributed by atoms with E-state index in [0.717, 1.165) is 23.4 Å². The predicted octanol–water partition coefficient (Wildman–Crippen LogP) is 11.6. The summed E-state index contributed by atoms with van der Waals surface area (Å²) in [5.74, 6) is 0. The van der Waals surface area contributed by atoms with Gasteiger partial charge in [0, 0.05) is 11.4 Å². The minimum absolute atomic E-state index is 0.0881. The van der Waals surface area contributed by atoms with Crippen molar-refractivity contribution in [3.05, 3.63) is 186 Å². The van der Waals surface area contributed by atoms with Crippen molar-refractivity contribution < 1.29 is 0 Å². The molecule has 0 bridgehead atoms. The molecular weight excluding hydrogens is 542 g/mol. The quantitative estimate of drug-likeness (QED) is 0.198. The van der Waals surface area contributed by atoms with Gasteiger partial charge < -0.3 is 5.32 Å². The molecule has 6 aromatic carbocycles. The van der Waals surface area contributed by atoms with E-state index < -0.39 is 0 Å². The maximum Gasteiger partial charge on any atom is 0.0504 e. The molecular formula is C44H39N. The first kappa shape index (κ1) is 28.6. The van der Waals surface area contributed by atoms with Crippen LogP contribution in [0.3, 0.4) is 0 Å². The second-order valence-electron chi connectivity index (χ2n) is 13.2. The topological polar surface area (TPSA) is 12.0 Å². The summed E-state index contributed by atoms with van der Waals surface area (Å²) in [5, 5.41) is 3.73. The summed E-state index contributed by atoms with van der Waals surface area (Å²) in [6.45, 7) is 10.8. The number of anilines is 2. The highest BCUT2D eigenvalue weighted by molar-refractivity contribution is 5.86. The fourth-order valence-electron chi connectivity index (χ4n) is 6.92. The zero-order valence-electron chi connectivity index (χ0n) is 26.3. The Morgan fingerprint density at radius 3 is 1.91 bits per heavy atom. The van der Waals surface area contributed by atoms with Gasteiger partial charge in [0.05, 0.1) is 5.41 Å². The minimum Gasteiger partial charge on any atom is -0.356 e. The molecule has 0 radical (unpaired) electrons. The Bertz CT molecular complexity index is 1960. The third-order valence-electron chi connectivity index (χ3n) is 9.37. The van der Waals surface area contributed by atoms with Crippen molar-refractivity contribution in [3.63, 3.8) is 0 Å². The molecule has 45 heavy (non-hydrogen) atoms. The van der Waals surface area contributed by atoms with Crippen molar-refractivity contribution >= 4 is 17.5 Å². The second kappa shape index (κ2) is 11.4. The molecule has 1 N–H and O–H groups in total. The zero-order chi connectivity index (χ0) is 31.0. The van der Waals surface area contributed by atoms with Gasteiger partial charge >= 0.3 is 0 Å². The summed E-state index contributed by atoms with van der Waals surface area (Å²) in [6.07, 6.45) is 2.77. The molecule has 1 aliphatic rings. The SMILES string of the molecule is C=Cc1ccc(CC2(c3ccc(C(C)(C)C)cc3)c3ccccc3-c3ccc(Nc4ccc(-c5ccccc5)cc4)cc32)cc1. The summed E-state index contributed by atoms with van der Waals surface area (Å²) in [4.78, 5) is 0. The van der Waals surface area contributed by atoms with Crippen LogP contribution < -0.4 is 5.32 Å². The van der Waals surface area contributed by atoms with Crippen LogP contribution >= 0.6 is 0 Å². The van der Waals surface area contributed by atoms with E-state index in [4.69, 9.17) is 0 Å². The molecule has 0 aromatic heterocycles. The van der Waals surface area contributed by atoms with Gasteiger partial charge in [0.1, 0.15) is 0 Å². The Morgan fingerprint density at radius 1 is 0.600 bits per heavy atom. The Kier molecular flexibility index (Phi) is 7.26. The molecule has 0 saturated heterocycles. The average Bonchev–Trinajstić information content (AvgIpc) is 3.35. The van der Waals surface area contributed by atoms with Crippen LogP contribution in [0.2, 0.25) is 0 Å². The summed E-state index contributed by atoms with van der Waals surface area (Å²) >= 11 is 0. The fraction of sp³-hybridized carbons (Fsp3) is 0.136. The maximum atomic E-state index is 3.97. The van der Waals surface area contributed by atoms with Crippen LogP contribution in [0.5, 0.6) is 0 Å². The van der Waals surface area contributed by atoms with E-state index >= 15 is 0 Å². The van der Waals surface area contributed by atoms with Gasteiger partial charge in [-0.15, -0.1) is 0 Å². The highest BCUT2D eigenvalue weighted by Crippen LogP contribution is 2.55. The van der Waals surface area contributed by atoms with Crippen LogP contribution in [0.25, 0.3) is 28.3 Å². The highest BCUT2D eigenvalue weighted by Gasteiger charge is 2.44. The number of hydrogen-bond donors (Lipinski definition) is 1. The molecule has 0 amide bonds.